The molecule has 0 radical (unpaired) electrons. The average Bonchev–Trinajstić information content (AvgIpc) is 2.19. The number of hydrogen-bond donors (Lipinski definition) is 1. The van der Waals surface area contributed by atoms with Crippen LogP contribution in [0, 0.1) is 0 Å². The standard InChI is InChI=1S/C9H12F6N2O2/c1-4-7(8(10,11)12,9(13,14)15)16-6(18)19-17-5(2)3/h4H2,1-3H3,(H,16,18). The van der Waals surface area contributed by atoms with Crippen LogP contribution in [0.15, 0.2) is 5.16 Å². The van der Waals surface area contributed by atoms with Gasteiger partial charge in [-0.25, -0.2) is 4.79 Å². The molecule has 0 aliphatic rings. The van der Waals surface area contributed by atoms with E-state index in [2.05, 4.69) is 9.99 Å². The first-order valence-electron chi connectivity index (χ1n) is 5.01. The third-order valence-corrected chi connectivity index (χ3v) is 2.12. The lowest BCUT2D eigenvalue weighted by Crippen LogP contribution is -2.67. The minimum Gasteiger partial charge on any atom is -0.298 e. The molecule has 0 spiro atoms. The van der Waals surface area contributed by atoms with Gasteiger partial charge in [0.25, 0.3) is 0 Å². The summed E-state index contributed by atoms with van der Waals surface area (Å²) >= 11 is 0. The highest BCUT2D eigenvalue weighted by atomic mass is 19.4. The molecule has 0 bridgehead atoms. The largest absolute Gasteiger partial charge is 0.434 e. The van der Waals surface area contributed by atoms with E-state index in [1.807, 2.05) is 0 Å². The van der Waals surface area contributed by atoms with Gasteiger partial charge in [-0.1, -0.05) is 12.1 Å². The van der Waals surface area contributed by atoms with Gasteiger partial charge in [0, 0.05) is 0 Å². The zero-order valence-corrected chi connectivity index (χ0v) is 10.2. The van der Waals surface area contributed by atoms with Crippen molar-refractivity contribution >= 4 is 11.8 Å². The molecule has 4 nitrogen and oxygen atoms in total. The minimum atomic E-state index is -5.72. The summed E-state index contributed by atoms with van der Waals surface area (Å²) in [5.41, 5.74) is -4.22. The molecule has 10 heteroatoms. The van der Waals surface area contributed by atoms with Gasteiger partial charge in [0.05, 0.1) is 5.71 Å². The summed E-state index contributed by atoms with van der Waals surface area (Å²) in [5.74, 6) is 0. The SMILES string of the molecule is CCC(NC(=O)ON=C(C)C)(C(F)(F)F)C(F)(F)F. The molecule has 0 saturated heterocycles. The normalized spacial score (nSPS) is 12.9. The number of carbonyl (C=O) groups is 1. The summed E-state index contributed by atoms with van der Waals surface area (Å²) in [7, 11) is 0. The van der Waals surface area contributed by atoms with E-state index < -0.39 is 30.4 Å². The predicted octanol–water partition coefficient (Wildman–Crippen LogP) is 3.38. The number of hydrogen-bond acceptors (Lipinski definition) is 3. The number of halogens is 6. The maximum atomic E-state index is 12.6. The number of amides is 1. The Morgan fingerprint density at radius 1 is 1.11 bits per heavy atom. The molecular formula is C9H12F6N2O2. The lowest BCUT2D eigenvalue weighted by Gasteiger charge is -2.36. The highest BCUT2D eigenvalue weighted by molar-refractivity contribution is 5.79. The van der Waals surface area contributed by atoms with Gasteiger partial charge in [-0.05, 0) is 20.3 Å². The molecule has 0 fully saturated rings. The van der Waals surface area contributed by atoms with Gasteiger partial charge in [0.15, 0.2) is 0 Å². The Balaban J connectivity index is 5.31. The summed E-state index contributed by atoms with van der Waals surface area (Å²) in [6.45, 7) is 3.33. The number of alkyl halides is 6. The third-order valence-electron chi connectivity index (χ3n) is 2.12. The van der Waals surface area contributed by atoms with Crippen molar-refractivity contribution in [3.05, 3.63) is 0 Å². The van der Waals surface area contributed by atoms with Crippen LogP contribution in [0.4, 0.5) is 31.1 Å². The molecule has 112 valence electrons. The molecular weight excluding hydrogens is 282 g/mol. The zero-order chi connectivity index (χ0) is 15.5. The van der Waals surface area contributed by atoms with Crippen LogP contribution >= 0.6 is 0 Å². The molecule has 1 N–H and O–H groups in total. The highest BCUT2D eigenvalue weighted by Crippen LogP contribution is 2.45. The number of nitrogens with zero attached hydrogens (tertiary/aromatic N) is 1. The summed E-state index contributed by atoms with van der Waals surface area (Å²) in [6, 6.07) is 0. The van der Waals surface area contributed by atoms with Crippen molar-refractivity contribution in [2.45, 2.75) is 45.1 Å². The Morgan fingerprint density at radius 2 is 1.53 bits per heavy atom. The van der Waals surface area contributed by atoms with E-state index in [-0.39, 0.29) is 5.71 Å². The second-order valence-electron chi connectivity index (χ2n) is 3.80. The molecule has 0 aromatic heterocycles. The summed E-state index contributed by atoms with van der Waals surface area (Å²) in [6.07, 6.45) is -14.8. The molecule has 0 rings (SSSR count). The predicted molar refractivity (Wildman–Crippen MR) is 53.5 cm³/mol. The van der Waals surface area contributed by atoms with Crippen LogP contribution < -0.4 is 5.32 Å². The second kappa shape index (κ2) is 5.66. The second-order valence-corrected chi connectivity index (χ2v) is 3.80. The van der Waals surface area contributed by atoms with E-state index >= 15 is 0 Å². The van der Waals surface area contributed by atoms with Crippen molar-refractivity contribution in [1.82, 2.24) is 5.32 Å². The number of nitrogens with one attached hydrogen (secondary N) is 1. The van der Waals surface area contributed by atoms with E-state index in [1.54, 1.807) is 0 Å². The Kier molecular flexibility index (Phi) is 5.22. The number of carbonyl (C=O) groups excluding carboxylic acids is 1. The van der Waals surface area contributed by atoms with Crippen LogP contribution in [0.25, 0.3) is 0 Å². The van der Waals surface area contributed by atoms with Crippen molar-refractivity contribution < 1.29 is 36.0 Å². The van der Waals surface area contributed by atoms with Crippen LogP contribution in [0.2, 0.25) is 0 Å². The first-order chi connectivity index (χ1) is 8.37. The molecule has 0 unspecified atom stereocenters. The smallest absolute Gasteiger partial charge is 0.298 e. The zero-order valence-electron chi connectivity index (χ0n) is 10.2. The van der Waals surface area contributed by atoms with Crippen LogP contribution in [0.3, 0.4) is 0 Å². The summed E-state index contributed by atoms with van der Waals surface area (Å²) in [5, 5.41) is 3.77. The van der Waals surface area contributed by atoms with Gasteiger partial charge in [-0.3, -0.25) is 10.2 Å². The maximum absolute atomic E-state index is 12.6. The van der Waals surface area contributed by atoms with Crippen molar-refractivity contribution in [3.8, 4) is 0 Å². The van der Waals surface area contributed by atoms with Gasteiger partial charge in [0.2, 0.25) is 5.54 Å². The molecule has 1 amide bonds. The first-order valence-corrected chi connectivity index (χ1v) is 5.01. The molecule has 0 atom stereocenters. The van der Waals surface area contributed by atoms with Crippen LogP contribution in [-0.4, -0.2) is 29.7 Å². The molecule has 0 aromatic rings. The van der Waals surface area contributed by atoms with E-state index in [0.717, 1.165) is 5.32 Å². The van der Waals surface area contributed by atoms with Crippen molar-refractivity contribution in [3.63, 3.8) is 0 Å². The summed E-state index contributed by atoms with van der Waals surface area (Å²) in [4.78, 5) is 14.9. The Morgan fingerprint density at radius 3 is 1.79 bits per heavy atom. The van der Waals surface area contributed by atoms with E-state index in [0.29, 0.717) is 6.92 Å². The van der Waals surface area contributed by atoms with Crippen molar-refractivity contribution in [2.24, 2.45) is 5.16 Å². The molecule has 0 aliphatic heterocycles. The molecule has 0 aromatic carbocycles. The van der Waals surface area contributed by atoms with Gasteiger partial charge >= 0.3 is 18.4 Å². The summed E-state index contributed by atoms with van der Waals surface area (Å²) < 4.78 is 75.6. The Labute approximate surface area is 104 Å². The average molecular weight is 294 g/mol. The van der Waals surface area contributed by atoms with Gasteiger partial charge in [-0.2, -0.15) is 26.3 Å². The van der Waals surface area contributed by atoms with Crippen LogP contribution in [0.1, 0.15) is 27.2 Å². The lowest BCUT2D eigenvalue weighted by atomic mass is 9.94. The number of rotatable bonds is 3. The molecule has 0 heterocycles. The van der Waals surface area contributed by atoms with E-state index in [1.165, 1.54) is 13.8 Å². The molecule has 0 aliphatic carbocycles. The van der Waals surface area contributed by atoms with Gasteiger partial charge in [-0.15, -0.1) is 0 Å². The van der Waals surface area contributed by atoms with Crippen LogP contribution in [-0.2, 0) is 4.84 Å². The maximum Gasteiger partial charge on any atom is 0.434 e. The van der Waals surface area contributed by atoms with Gasteiger partial charge < -0.3 is 0 Å². The lowest BCUT2D eigenvalue weighted by molar-refractivity contribution is -0.305. The quantitative estimate of drug-likeness (QED) is 0.375. The monoisotopic (exact) mass is 294 g/mol. The highest BCUT2D eigenvalue weighted by Gasteiger charge is 2.71. The topological polar surface area (TPSA) is 50.7 Å². The first kappa shape index (κ1) is 17.5. The van der Waals surface area contributed by atoms with Crippen molar-refractivity contribution in [2.75, 3.05) is 0 Å². The minimum absolute atomic E-state index is 0.149. The Hall–Kier alpha value is -1.48. The fourth-order valence-corrected chi connectivity index (χ4v) is 1.12. The fourth-order valence-electron chi connectivity index (χ4n) is 1.12. The fraction of sp³-hybridized carbons (Fsp3) is 0.778. The third kappa shape index (κ3) is 4.00. The van der Waals surface area contributed by atoms with E-state index in [4.69, 9.17) is 0 Å². The molecule has 0 saturated carbocycles. The van der Waals surface area contributed by atoms with Crippen LogP contribution in [0.5, 0.6) is 0 Å². The van der Waals surface area contributed by atoms with Crippen molar-refractivity contribution in [1.29, 1.82) is 0 Å². The molecule has 19 heavy (non-hydrogen) atoms. The van der Waals surface area contributed by atoms with Gasteiger partial charge in [0.1, 0.15) is 0 Å². The van der Waals surface area contributed by atoms with E-state index in [9.17, 15) is 31.1 Å². The number of oxime groups is 1. The Bertz CT molecular complexity index is 343.